The monoisotopic (exact) mass is 552 g/mol. The predicted octanol–water partition coefficient (Wildman–Crippen LogP) is 3.22. The van der Waals surface area contributed by atoms with Crippen LogP contribution in [0.25, 0.3) is 0 Å². The van der Waals surface area contributed by atoms with Gasteiger partial charge in [-0.15, -0.1) is 24.0 Å². The summed E-state index contributed by atoms with van der Waals surface area (Å²) in [6, 6.07) is 15.9. The highest BCUT2D eigenvalue weighted by Crippen LogP contribution is 2.26. The largest absolute Gasteiger partial charge is 0.493 e. The molecular weight excluding hydrogens is 519 g/mol. The molecule has 2 aromatic carbocycles. The van der Waals surface area contributed by atoms with Gasteiger partial charge in [0.05, 0.1) is 13.7 Å². The van der Waals surface area contributed by atoms with Gasteiger partial charge in [0.2, 0.25) is 5.91 Å². The Morgan fingerprint density at radius 3 is 2.50 bits per heavy atom. The van der Waals surface area contributed by atoms with Crippen molar-refractivity contribution < 1.29 is 14.3 Å². The van der Waals surface area contributed by atoms with Crippen molar-refractivity contribution in [2.45, 2.75) is 32.9 Å². The van der Waals surface area contributed by atoms with Gasteiger partial charge in [0.15, 0.2) is 17.5 Å². The number of halogens is 1. The highest BCUT2D eigenvalue weighted by Gasteiger charge is 2.20. The normalized spacial score (nSPS) is 14.0. The molecule has 174 valence electrons. The number of fused-ring (bicyclic) bond motifs is 1. The number of rotatable bonds is 8. The van der Waals surface area contributed by atoms with E-state index in [2.05, 4.69) is 27.8 Å². The summed E-state index contributed by atoms with van der Waals surface area (Å²) in [6.07, 6.45) is 0.774. The van der Waals surface area contributed by atoms with Gasteiger partial charge in [-0.2, -0.15) is 0 Å². The van der Waals surface area contributed by atoms with Crippen molar-refractivity contribution in [2.24, 2.45) is 4.99 Å². The molecule has 0 fully saturated rings. The Hall–Kier alpha value is -2.49. The van der Waals surface area contributed by atoms with E-state index in [1.54, 1.807) is 7.11 Å². The van der Waals surface area contributed by atoms with Gasteiger partial charge in [-0.3, -0.25) is 4.79 Å². The Morgan fingerprint density at radius 2 is 1.78 bits per heavy atom. The molecule has 0 saturated heterocycles. The van der Waals surface area contributed by atoms with Crippen LogP contribution < -0.4 is 20.1 Å². The zero-order valence-corrected chi connectivity index (χ0v) is 21.3. The summed E-state index contributed by atoms with van der Waals surface area (Å²) in [5, 5.41) is 6.44. The average molecular weight is 552 g/mol. The number of nitrogens with zero attached hydrogens (tertiary/aromatic N) is 2. The van der Waals surface area contributed by atoms with E-state index in [1.165, 1.54) is 11.1 Å². The smallest absolute Gasteiger partial charge is 0.244 e. The van der Waals surface area contributed by atoms with E-state index < -0.39 is 0 Å². The molecule has 0 saturated carbocycles. The first kappa shape index (κ1) is 25.8. The quantitative estimate of drug-likeness (QED) is 0.299. The van der Waals surface area contributed by atoms with Gasteiger partial charge >= 0.3 is 0 Å². The Morgan fingerprint density at radius 1 is 1.09 bits per heavy atom. The fourth-order valence-electron chi connectivity index (χ4n) is 3.51. The van der Waals surface area contributed by atoms with E-state index in [0.717, 1.165) is 13.0 Å². The summed E-state index contributed by atoms with van der Waals surface area (Å²) in [5.41, 5.74) is 2.55. The topological polar surface area (TPSA) is 75.2 Å². The molecule has 2 aromatic rings. The number of nitrogens with one attached hydrogen (secondary N) is 2. The van der Waals surface area contributed by atoms with Crippen LogP contribution in [0.2, 0.25) is 0 Å². The number of methoxy groups -OCH3 is 1. The van der Waals surface area contributed by atoms with E-state index in [0.29, 0.717) is 37.1 Å². The summed E-state index contributed by atoms with van der Waals surface area (Å²) in [5.74, 6) is 2.03. The molecule has 1 amide bonds. The number of hydrogen-bond donors (Lipinski definition) is 2. The first-order valence-electron chi connectivity index (χ1n) is 10.8. The van der Waals surface area contributed by atoms with Gasteiger partial charge in [-0.1, -0.05) is 36.4 Å². The summed E-state index contributed by atoms with van der Waals surface area (Å²) < 4.78 is 11.3. The lowest BCUT2D eigenvalue weighted by atomic mass is 10.00. The van der Waals surface area contributed by atoms with Crippen LogP contribution in [0.1, 0.15) is 25.0 Å². The van der Waals surface area contributed by atoms with Crippen LogP contribution in [0.15, 0.2) is 53.5 Å². The number of amides is 1. The lowest BCUT2D eigenvalue weighted by Gasteiger charge is -2.28. The predicted molar refractivity (Wildman–Crippen MR) is 138 cm³/mol. The Bertz CT molecular complexity index is 906. The Labute approximate surface area is 207 Å². The summed E-state index contributed by atoms with van der Waals surface area (Å²) in [4.78, 5) is 19.0. The number of ether oxygens (including phenoxy) is 2. The maximum atomic E-state index is 12.7. The molecule has 0 radical (unpaired) electrons. The van der Waals surface area contributed by atoms with Crippen LogP contribution in [0.3, 0.4) is 0 Å². The van der Waals surface area contributed by atoms with Gasteiger partial charge < -0.3 is 25.0 Å². The maximum Gasteiger partial charge on any atom is 0.244 e. The molecule has 0 bridgehead atoms. The fourth-order valence-corrected chi connectivity index (χ4v) is 3.51. The number of carbonyl (C=O) groups is 1. The molecule has 8 heteroatoms. The Balaban J connectivity index is 0.00000363. The minimum Gasteiger partial charge on any atom is -0.493 e. The highest BCUT2D eigenvalue weighted by molar-refractivity contribution is 14.0. The molecule has 1 aliphatic heterocycles. The van der Waals surface area contributed by atoms with Crippen LogP contribution in [0.5, 0.6) is 11.5 Å². The van der Waals surface area contributed by atoms with Gasteiger partial charge in [-0.25, -0.2) is 4.99 Å². The minimum atomic E-state index is -0.116. The molecule has 0 aliphatic carbocycles. The standard InChI is InChI=1S/C24H32N4O3.HI/c1-4-25-24(26-15-18(2)31-22-12-8-7-11-21(22)30-3)27-16-23(29)28-14-13-19-9-5-6-10-20(19)17-28;/h5-12,18H,4,13-17H2,1-3H3,(H2,25,26,27);1H. The molecule has 2 N–H and O–H groups in total. The molecule has 32 heavy (non-hydrogen) atoms. The van der Waals surface area contributed by atoms with Crippen LogP contribution in [-0.4, -0.2) is 56.2 Å². The highest BCUT2D eigenvalue weighted by atomic mass is 127. The van der Waals surface area contributed by atoms with Crippen LogP contribution in [0, 0.1) is 0 Å². The van der Waals surface area contributed by atoms with Crippen molar-refractivity contribution in [3.05, 3.63) is 59.7 Å². The molecule has 0 aromatic heterocycles. The molecule has 1 heterocycles. The molecule has 1 aliphatic rings. The van der Waals surface area contributed by atoms with Gasteiger partial charge in [0.1, 0.15) is 12.6 Å². The lowest BCUT2D eigenvalue weighted by molar-refractivity contribution is -0.130. The van der Waals surface area contributed by atoms with E-state index >= 15 is 0 Å². The molecule has 7 nitrogen and oxygen atoms in total. The van der Waals surface area contributed by atoms with Crippen molar-refractivity contribution in [3.8, 4) is 11.5 Å². The molecule has 0 spiro atoms. The van der Waals surface area contributed by atoms with Gasteiger partial charge in [0.25, 0.3) is 0 Å². The summed E-state index contributed by atoms with van der Waals surface area (Å²) in [7, 11) is 1.62. The first-order chi connectivity index (χ1) is 15.1. The van der Waals surface area contributed by atoms with Crippen molar-refractivity contribution in [1.82, 2.24) is 15.5 Å². The van der Waals surface area contributed by atoms with E-state index in [9.17, 15) is 4.79 Å². The van der Waals surface area contributed by atoms with Crippen LogP contribution >= 0.6 is 24.0 Å². The maximum absolute atomic E-state index is 12.7. The average Bonchev–Trinajstić information content (AvgIpc) is 2.80. The SMILES string of the molecule is CCNC(=NCC(=O)N1CCc2ccccc2C1)NCC(C)Oc1ccccc1OC.I. The number of aliphatic imine (C=N–C) groups is 1. The Kier molecular flexibility index (Phi) is 10.6. The third-order valence-electron chi connectivity index (χ3n) is 5.15. The van der Waals surface area contributed by atoms with Crippen molar-refractivity contribution in [3.63, 3.8) is 0 Å². The zero-order valence-electron chi connectivity index (χ0n) is 19.0. The molecular formula is C24H33IN4O3. The summed E-state index contributed by atoms with van der Waals surface area (Å²) in [6.45, 7) is 6.71. The minimum absolute atomic E-state index is 0. The van der Waals surface area contributed by atoms with Crippen molar-refractivity contribution >= 4 is 35.8 Å². The van der Waals surface area contributed by atoms with Gasteiger partial charge in [0, 0.05) is 19.6 Å². The molecule has 1 atom stereocenters. The van der Waals surface area contributed by atoms with Crippen LogP contribution in [0.4, 0.5) is 0 Å². The zero-order chi connectivity index (χ0) is 22.1. The fraction of sp³-hybridized carbons (Fsp3) is 0.417. The molecule has 1 unspecified atom stereocenters. The van der Waals surface area contributed by atoms with E-state index in [1.807, 2.05) is 55.1 Å². The number of carbonyl (C=O) groups excluding carboxylic acids is 1. The van der Waals surface area contributed by atoms with E-state index in [-0.39, 0.29) is 42.5 Å². The number of guanidine groups is 1. The van der Waals surface area contributed by atoms with Crippen LogP contribution in [-0.2, 0) is 17.8 Å². The third kappa shape index (κ3) is 7.29. The second-order valence-corrected chi connectivity index (χ2v) is 7.49. The number of hydrogen-bond acceptors (Lipinski definition) is 4. The van der Waals surface area contributed by atoms with Crippen molar-refractivity contribution in [2.75, 3.05) is 33.3 Å². The third-order valence-corrected chi connectivity index (χ3v) is 5.15. The lowest BCUT2D eigenvalue weighted by Crippen LogP contribution is -2.43. The first-order valence-corrected chi connectivity index (χ1v) is 10.8. The number of benzene rings is 2. The van der Waals surface area contributed by atoms with Gasteiger partial charge in [-0.05, 0) is 43.5 Å². The second kappa shape index (κ2) is 13.1. The molecule has 3 rings (SSSR count). The van der Waals surface area contributed by atoms with E-state index in [4.69, 9.17) is 9.47 Å². The van der Waals surface area contributed by atoms with Crippen molar-refractivity contribution in [1.29, 1.82) is 0 Å². The second-order valence-electron chi connectivity index (χ2n) is 7.49. The summed E-state index contributed by atoms with van der Waals surface area (Å²) >= 11 is 0. The number of para-hydroxylation sites is 2.